The maximum Gasteiger partial charge on any atom is 0.264 e. The van der Waals surface area contributed by atoms with E-state index < -0.39 is 28.5 Å². The van der Waals surface area contributed by atoms with Gasteiger partial charge in [0.05, 0.1) is 20.6 Å². The first kappa shape index (κ1) is 35.0. The SMILES string of the molecule is Cc1ccc(S(=O)(=O)N(CC(=O)N(Cc2ccc(Cl)c(Cl)c2)[C@H](Cc2ccccc2)C(=O)NCC(C)C)c2cccc(C)c2)cc1. The Labute approximate surface area is 282 Å². The zero-order valence-electron chi connectivity index (χ0n) is 26.4. The Balaban J connectivity index is 1.81. The van der Waals surface area contributed by atoms with E-state index in [1.807, 2.05) is 64.1 Å². The summed E-state index contributed by atoms with van der Waals surface area (Å²) in [5, 5.41) is 3.65. The van der Waals surface area contributed by atoms with Crippen LogP contribution in [0.3, 0.4) is 0 Å². The molecule has 0 saturated heterocycles. The van der Waals surface area contributed by atoms with Gasteiger partial charge in [-0.3, -0.25) is 13.9 Å². The number of benzene rings is 4. The van der Waals surface area contributed by atoms with Gasteiger partial charge in [0, 0.05) is 19.5 Å². The van der Waals surface area contributed by atoms with Crippen LogP contribution in [-0.2, 0) is 32.6 Å². The summed E-state index contributed by atoms with van der Waals surface area (Å²) in [6.45, 7) is 7.57. The first-order chi connectivity index (χ1) is 21.8. The molecule has 0 spiro atoms. The van der Waals surface area contributed by atoms with Crippen LogP contribution in [0.25, 0.3) is 0 Å². The summed E-state index contributed by atoms with van der Waals surface area (Å²) in [6, 6.07) is 27.0. The summed E-state index contributed by atoms with van der Waals surface area (Å²) in [5.41, 5.74) is 3.56. The van der Waals surface area contributed by atoms with Crippen LogP contribution in [0, 0.1) is 19.8 Å². The number of hydrogen-bond donors (Lipinski definition) is 1. The standard InChI is InChI=1S/C36H39Cl2N3O4S/c1-25(2)22-39-36(43)34(21-28-10-6-5-7-11-28)40(23-29-15-18-32(37)33(38)20-29)35(42)24-41(30-12-8-9-27(4)19-30)46(44,45)31-16-13-26(3)14-17-31/h5-20,25,34H,21-24H2,1-4H3,(H,39,43)/t34-/m1/s1. The van der Waals surface area contributed by atoms with Crippen LogP contribution in [0.1, 0.15) is 36.1 Å². The highest BCUT2D eigenvalue weighted by molar-refractivity contribution is 7.92. The third kappa shape index (κ3) is 9.12. The lowest BCUT2D eigenvalue weighted by Crippen LogP contribution is -2.53. The Morgan fingerprint density at radius 2 is 1.48 bits per heavy atom. The summed E-state index contributed by atoms with van der Waals surface area (Å²) in [7, 11) is -4.18. The molecule has 1 N–H and O–H groups in total. The minimum absolute atomic E-state index is 0.00540. The Kier molecular flexibility index (Phi) is 11.9. The molecule has 0 unspecified atom stereocenters. The average molecular weight is 681 g/mol. The van der Waals surface area contributed by atoms with Crippen LogP contribution in [-0.4, -0.2) is 44.3 Å². The van der Waals surface area contributed by atoms with Crippen molar-refractivity contribution < 1.29 is 18.0 Å². The first-order valence-corrected chi connectivity index (χ1v) is 17.3. The maximum absolute atomic E-state index is 14.6. The molecule has 0 aliphatic heterocycles. The van der Waals surface area contributed by atoms with E-state index in [0.717, 1.165) is 21.0 Å². The number of anilines is 1. The second-order valence-electron chi connectivity index (χ2n) is 11.8. The summed E-state index contributed by atoms with van der Waals surface area (Å²) < 4.78 is 29.5. The molecule has 0 bridgehead atoms. The first-order valence-electron chi connectivity index (χ1n) is 15.1. The van der Waals surface area contributed by atoms with Crippen molar-refractivity contribution in [1.82, 2.24) is 10.2 Å². The zero-order valence-corrected chi connectivity index (χ0v) is 28.7. The van der Waals surface area contributed by atoms with Gasteiger partial charge in [0.1, 0.15) is 12.6 Å². The highest BCUT2D eigenvalue weighted by atomic mass is 35.5. The van der Waals surface area contributed by atoms with Crippen LogP contribution in [0.4, 0.5) is 5.69 Å². The molecule has 0 heterocycles. The van der Waals surface area contributed by atoms with Crippen LogP contribution in [0.5, 0.6) is 0 Å². The Bertz CT molecular complexity index is 1760. The van der Waals surface area contributed by atoms with Crippen molar-refractivity contribution in [2.75, 3.05) is 17.4 Å². The van der Waals surface area contributed by atoms with Gasteiger partial charge in [-0.25, -0.2) is 8.42 Å². The number of rotatable bonds is 13. The van der Waals surface area contributed by atoms with Crippen molar-refractivity contribution in [3.05, 3.63) is 129 Å². The average Bonchev–Trinajstić information content (AvgIpc) is 3.02. The lowest BCUT2D eigenvalue weighted by atomic mass is 10.0. The third-order valence-electron chi connectivity index (χ3n) is 7.47. The number of nitrogens with one attached hydrogen (secondary N) is 1. The Hall–Kier alpha value is -3.85. The number of carbonyl (C=O) groups is 2. The van der Waals surface area contributed by atoms with Crippen molar-refractivity contribution in [2.24, 2.45) is 5.92 Å². The van der Waals surface area contributed by atoms with E-state index in [4.69, 9.17) is 23.2 Å². The molecule has 242 valence electrons. The minimum atomic E-state index is -4.18. The molecule has 10 heteroatoms. The molecule has 0 radical (unpaired) electrons. The molecule has 4 rings (SSSR count). The fourth-order valence-corrected chi connectivity index (χ4v) is 6.69. The van der Waals surface area contributed by atoms with E-state index in [0.29, 0.717) is 27.8 Å². The smallest absolute Gasteiger partial charge is 0.264 e. The van der Waals surface area contributed by atoms with Crippen LogP contribution < -0.4 is 9.62 Å². The van der Waals surface area contributed by atoms with Gasteiger partial charge in [0.25, 0.3) is 10.0 Å². The van der Waals surface area contributed by atoms with E-state index in [1.165, 1.54) is 17.0 Å². The molecule has 0 fully saturated rings. The lowest BCUT2D eigenvalue weighted by Gasteiger charge is -2.34. The molecule has 46 heavy (non-hydrogen) atoms. The largest absolute Gasteiger partial charge is 0.354 e. The molecule has 2 amide bonds. The van der Waals surface area contributed by atoms with Crippen molar-refractivity contribution in [1.29, 1.82) is 0 Å². The number of aryl methyl sites for hydroxylation is 2. The van der Waals surface area contributed by atoms with E-state index in [9.17, 15) is 18.0 Å². The van der Waals surface area contributed by atoms with Gasteiger partial charge in [-0.15, -0.1) is 0 Å². The number of sulfonamides is 1. The van der Waals surface area contributed by atoms with E-state index >= 15 is 0 Å². The van der Waals surface area contributed by atoms with Crippen molar-refractivity contribution in [3.63, 3.8) is 0 Å². The molecule has 4 aromatic carbocycles. The lowest BCUT2D eigenvalue weighted by molar-refractivity contribution is -0.140. The fourth-order valence-electron chi connectivity index (χ4n) is 4.96. The molecule has 1 atom stereocenters. The highest BCUT2D eigenvalue weighted by Gasteiger charge is 2.34. The number of carbonyl (C=O) groups excluding carboxylic acids is 2. The summed E-state index contributed by atoms with van der Waals surface area (Å²) in [5.74, 6) is -0.713. The van der Waals surface area contributed by atoms with Crippen LogP contribution >= 0.6 is 23.2 Å². The van der Waals surface area contributed by atoms with E-state index in [-0.39, 0.29) is 29.7 Å². The van der Waals surface area contributed by atoms with Gasteiger partial charge in [0.15, 0.2) is 0 Å². The molecule has 7 nitrogen and oxygen atoms in total. The van der Waals surface area contributed by atoms with E-state index in [1.54, 1.807) is 48.5 Å². The van der Waals surface area contributed by atoms with Gasteiger partial charge in [0.2, 0.25) is 11.8 Å². The predicted octanol–water partition coefficient (Wildman–Crippen LogP) is 7.22. The topological polar surface area (TPSA) is 86.8 Å². The second-order valence-corrected chi connectivity index (χ2v) is 14.5. The molecular weight excluding hydrogens is 641 g/mol. The van der Waals surface area contributed by atoms with Gasteiger partial charge in [-0.05, 0) is 72.9 Å². The van der Waals surface area contributed by atoms with Gasteiger partial charge in [-0.2, -0.15) is 0 Å². The third-order valence-corrected chi connectivity index (χ3v) is 10.00. The number of amides is 2. The van der Waals surface area contributed by atoms with Crippen molar-refractivity contribution >= 4 is 50.7 Å². The van der Waals surface area contributed by atoms with E-state index in [2.05, 4.69) is 5.32 Å². The summed E-state index contributed by atoms with van der Waals surface area (Å²) >= 11 is 12.5. The monoisotopic (exact) mass is 679 g/mol. The maximum atomic E-state index is 14.6. The summed E-state index contributed by atoms with van der Waals surface area (Å²) in [4.78, 5) is 29.9. The number of hydrogen-bond acceptors (Lipinski definition) is 4. The Morgan fingerprint density at radius 3 is 2.11 bits per heavy atom. The summed E-state index contributed by atoms with van der Waals surface area (Å²) in [6.07, 6.45) is 0.215. The van der Waals surface area contributed by atoms with Gasteiger partial charge in [-0.1, -0.05) is 103 Å². The second kappa shape index (κ2) is 15.6. The van der Waals surface area contributed by atoms with Crippen LogP contribution in [0.2, 0.25) is 10.0 Å². The molecule has 0 aliphatic carbocycles. The molecule has 0 aliphatic rings. The van der Waals surface area contributed by atoms with Crippen LogP contribution in [0.15, 0.2) is 102 Å². The molecular formula is C36H39Cl2N3O4S. The quantitative estimate of drug-likeness (QED) is 0.162. The fraction of sp³-hybridized carbons (Fsp3) is 0.278. The molecule has 0 saturated carbocycles. The van der Waals surface area contributed by atoms with Crippen molar-refractivity contribution in [2.45, 2.75) is 51.6 Å². The molecule has 4 aromatic rings. The Morgan fingerprint density at radius 1 is 0.783 bits per heavy atom. The normalized spacial score (nSPS) is 12.1. The molecule has 0 aromatic heterocycles. The highest BCUT2D eigenvalue weighted by Crippen LogP contribution is 2.27. The zero-order chi connectivity index (χ0) is 33.4. The minimum Gasteiger partial charge on any atom is -0.354 e. The van der Waals surface area contributed by atoms with Crippen molar-refractivity contribution in [3.8, 4) is 0 Å². The number of halogens is 2. The predicted molar refractivity (Wildman–Crippen MR) is 186 cm³/mol. The number of nitrogens with zero attached hydrogens (tertiary/aromatic N) is 2. The van der Waals surface area contributed by atoms with Gasteiger partial charge < -0.3 is 10.2 Å². The van der Waals surface area contributed by atoms with Gasteiger partial charge >= 0.3 is 0 Å².